The first kappa shape index (κ1) is 16.0. The number of rotatable bonds is 6. The molecule has 0 unspecified atom stereocenters. The van der Waals surface area contributed by atoms with Gasteiger partial charge in [0.25, 0.3) is 0 Å². The van der Waals surface area contributed by atoms with Crippen molar-refractivity contribution in [3.05, 3.63) is 33.9 Å². The number of nitrogens with zero attached hydrogens (tertiary/aromatic N) is 1. The van der Waals surface area contributed by atoms with Crippen molar-refractivity contribution in [2.24, 2.45) is 0 Å². The molecule has 0 fully saturated rings. The lowest BCUT2D eigenvalue weighted by Gasteiger charge is -2.23. The Labute approximate surface area is 117 Å². The number of hydrogen-bond acceptors (Lipinski definition) is 5. The number of nitrogens with one attached hydrogen (secondary N) is 1. The molecule has 0 radical (unpaired) electrons. The van der Waals surface area contributed by atoms with E-state index in [1.165, 1.54) is 19.2 Å². The summed E-state index contributed by atoms with van der Waals surface area (Å²) in [5.74, 6) is 0.119. The molecule has 0 aliphatic heterocycles. The average Bonchev–Trinajstić information content (AvgIpc) is 2.30. The number of nitro benzene ring substituents is 1. The summed E-state index contributed by atoms with van der Waals surface area (Å²) < 4.78 is 10.7. The summed E-state index contributed by atoms with van der Waals surface area (Å²) >= 11 is 5.27. The van der Waals surface area contributed by atoms with Gasteiger partial charge in [-0.05, 0) is 44.2 Å². The third kappa shape index (κ3) is 4.54. The Kier molecular flexibility index (Phi) is 5.43. The first-order chi connectivity index (χ1) is 8.77. The molecule has 1 rings (SSSR count). The summed E-state index contributed by atoms with van der Waals surface area (Å²) in [5, 5.41) is 14.0. The Balaban J connectivity index is 3.10. The summed E-state index contributed by atoms with van der Waals surface area (Å²) in [6.07, 6.45) is 0. The van der Waals surface area contributed by atoms with Gasteiger partial charge in [-0.2, -0.15) is 0 Å². The second kappa shape index (κ2) is 6.43. The third-order valence-electron chi connectivity index (χ3n) is 2.19. The lowest BCUT2D eigenvalue weighted by Crippen LogP contribution is -2.23. The predicted molar refractivity (Wildman–Crippen MR) is 78.0 cm³/mol. The molecule has 1 atom stereocenters. The Bertz CT molecular complexity index is 521. The van der Waals surface area contributed by atoms with Crippen molar-refractivity contribution in [3.8, 4) is 5.75 Å². The van der Waals surface area contributed by atoms with Crippen LogP contribution >= 0.6 is 6.64 Å². The van der Waals surface area contributed by atoms with Crippen LogP contribution in [-0.2, 0) is 16.3 Å². The zero-order valence-electron chi connectivity index (χ0n) is 11.2. The minimum absolute atomic E-state index is 0.0512. The summed E-state index contributed by atoms with van der Waals surface area (Å²) in [6, 6.07) is 4.76. The van der Waals surface area contributed by atoms with Gasteiger partial charge in [0.2, 0.25) is 5.75 Å². The Morgan fingerprint density at radius 2 is 2.11 bits per heavy atom. The standard InChI is InChI=1S/C11H17N2O4PS/c1-8(2)12-18(19,16-4)17-11-6-5-9(3)7-10(11)13(14)15/h5-8H,1-4H3,(H,12,19)/t18-/m0/s1. The number of nitro groups is 1. The fraction of sp³-hybridized carbons (Fsp3) is 0.455. The molecule has 0 amide bonds. The van der Waals surface area contributed by atoms with Gasteiger partial charge in [-0.25, -0.2) is 5.09 Å². The van der Waals surface area contributed by atoms with E-state index in [1.54, 1.807) is 13.0 Å². The molecular formula is C11H17N2O4PS. The van der Waals surface area contributed by atoms with E-state index in [9.17, 15) is 10.1 Å². The van der Waals surface area contributed by atoms with Gasteiger partial charge in [-0.3, -0.25) is 10.1 Å². The van der Waals surface area contributed by atoms with Crippen LogP contribution in [0.4, 0.5) is 5.69 Å². The molecule has 1 aromatic rings. The fourth-order valence-electron chi connectivity index (χ4n) is 1.41. The first-order valence-electron chi connectivity index (χ1n) is 5.65. The molecular weight excluding hydrogens is 287 g/mol. The van der Waals surface area contributed by atoms with Crippen LogP contribution in [0.3, 0.4) is 0 Å². The molecule has 1 aromatic carbocycles. The van der Waals surface area contributed by atoms with E-state index in [4.69, 9.17) is 20.9 Å². The molecule has 6 nitrogen and oxygen atoms in total. The number of aryl methyl sites for hydroxylation is 1. The SMILES string of the molecule is CO[P@@](=S)(NC(C)C)Oc1ccc(C)cc1[N+](=O)[O-]. The van der Waals surface area contributed by atoms with Crippen molar-refractivity contribution in [1.29, 1.82) is 0 Å². The van der Waals surface area contributed by atoms with Crippen LogP contribution in [-0.4, -0.2) is 18.1 Å². The lowest BCUT2D eigenvalue weighted by molar-refractivity contribution is -0.385. The smallest absolute Gasteiger partial charge is 0.312 e. The van der Waals surface area contributed by atoms with Gasteiger partial charge >= 0.3 is 12.3 Å². The van der Waals surface area contributed by atoms with Crippen LogP contribution in [0.25, 0.3) is 0 Å². The second-order valence-corrected chi connectivity index (χ2v) is 7.53. The molecule has 0 aliphatic carbocycles. The molecule has 0 aromatic heterocycles. The van der Waals surface area contributed by atoms with Crippen molar-refractivity contribution in [2.75, 3.05) is 7.11 Å². The van der Waals surface area contributed by atoms with Crippen LogP contribution < -0.4 is 9.61 Å². The van der Waals surface area contributed by atoms with E-state index in [0.717, 1.165) is 5.56 Å². The highest BCUT2D eigenvalue weighted by atomic mass is 32.5. The average molecular weight is 304 g/mol. The largest absolute Gasteiger partial charge is 0.425 e. The van der Waals surface area contributed by atoms with Gasteiger partial charge in [0.05, 0.1) is 4.92 Å². The monoisotopic (exact) mass is 304 g/mol. The van der Waals surface area contributed by atoms with E-state index < -0.39 is 11.6 Å². The normalized spacial score (nSPS) is 14.2. The van der Waals surface area contributed by atoms with Crippen LogP contribution in [0.15, 0.2) is 18.2 Å². The molecule has 1 N–H and O–H groups in total. The van der Waals surface area contributed by atoms with Gasteiger partial charge in [0, 0.05) is 19.2 Å². The van der Waals surface area contributed by atoms with Crippen LogP contribution in [0, 0.1) is 17.0 Å². The van der Waals surface area contributed by atoms with E-state index >= 15 is 0 Å². The number of hydrogen-bond donors (Lipinski definition) is 1. The highest BCUT2D eigenvalue weighted by Gasteiger charge is 2.25. The lowest BCUT2D eigenvalue weighted by atomic mass is 10.2. The molecule has 0 bridgehead atoms. The van der Waals surface area contributed by atoms with Crippen molar-refractivity contribution in [1.82, 2.24) is 5.09 Å². The topological polar surface area (TPSA) is 73.6 Å². The molecule has 0 saturated heterocycles. The highest BCUT2D eigenvalue weighted by Crippen LogP contribution is 2.46. The maximum atomic E-state index is 11.0. The van der Waals surface area contributed by atoms with Gasteiger partial charge < -0.3 is 9.05 Å². The molecule has 0 saturated carbocycles. The quantitative estimate of drug-likeness (QED) is 0.494. The maximum Gasteiger partial charge on any atom is 0.312 e. The van der Waals surface area contributed by atoms with E-state index in [-0.39, 0.29) is 17.5 Å². The summed E-state index contributed by atoms with van der Waals surface area (Å²) in [4.78, 5) is 10.5. The Morgan fingerprint density at radius 3 is 2.58 bits per heavy atom. The Hall–Kier alpha value is -1.01. The third-order valence-corrected chi connectivity index (χ3v) is 4.92. The van der Waals surface area contributed by atoms with Crippen LogP contribution in [0.5, 0.6) is 5.75 Å². The van der Waals surface area contributed by atoms with Crippen molar-refractivity contribution >= 4 is 24.1 Å². The van der Waals surface area contributed by atoms with E-state index in [1.807, 2.05) is 13.8 Å². The van der Waals surface area contributed by atoms with Crippen molar-refractivity contribution in [3.63, 3.8) is 0 Å². The minimum atomic E-state index is -2.78. The summed E-state index contributed by atoms with van der Waals surface area (Å²) in [5.41, 5.74) is 0.665. The summed E-state index contributed by atoms with van der Waals surface area (Å²) in [7, 11) is 1.43. The molecule has 8 heteroatoms. The first-order valence-corrected chi connectivity index (χ1v) is 8.29. The highest BCUT2D eigenvalue weighted by molar-refractivity contribution is 8.09. The van der Waals surface area contributed by atoms with Crippen LogP contribution in [0.2, 0.25) is 0 Å². The second-order valence-electron chi connectivity index (χ2n) is 4.28. The van der Waals surface area contributed by atoms with E-state index in [2.05, 4.69) is 5.09 Å². The zero-order valence-corrected chi connectivity index (χ0v) is 13.0. The van der Waals surface area contributed by atoms with Crippen molar-refractivity contribution in [2.45, 2.75) is 26.8 Å². The van der Waals surface area contributed by atoms with E-state index in [0.29, 0.717) is 0 Å². The predicted octanol–water partition coefficient (Wildman–Crippen LogP) is 3.15. The zero-order chi connectivity index (χ0) is 14.6. The molecule has 0 aliphatic rings. The van der Waals surface area contributed by atoms with Gasteiger partial charge in [0.15, 0.2) is 0 Å². The molecule has 0 heterocycles. The van der Waals surface area contributed by atoms with Gasteiger partial charge in [0.1, 0.15) is 0 Å². The summed E-state index contributed by atoms with van der Waals surface area (Å²) in [6.45, 7) is 2.78. The van der Waals surface area contributed by atoms with Gasteiger partial charge in [-0.15, -0.1) is 0 Å². The molecule has 106 valence electrons. The molecule has 0 spiro atoms. The van der Waals surface area contributed by atoms with Crippen molar-refractivity contribution < 1.29 is 14.0 Å². The maximum absolute atomic E-state index is 11.0. The number of benzene rings is 1. The van der Waals surface area contributed by atoms with Gasteiger partial charge in [-0.1, -0.05) is 6.07 Å². The van der Waals surface area contributed by atoms with Crippen LogP contribution in [0.1, 0.15) is 19.4 Å². The Morgan fingerprint density at radius 1 is 1.47 bits per heavy atom. The minimum Gasteiger partial charge on any atom is -0.425 e. The molecule has 19 heavy (non-hydrogen) atoms. The fourth-order valence-corrected chi connectivity index (χ4v) is 3.56.